The van der Waals surface area contributed by atoms with E-state index in [-0.39, 0.29) is 11.9 Å². The van der Waals surface area contributed by atoms with Crippen molar-refractivity contribution in [1.82, 2.24) is 5.32 Å². The molecule has 2 aromatic carbocycles. The van der Waals surface area contributed by atoms with Crippen molar-refractivity contribution in [2.45, 2.75) is 12.5 Å². The summed E-state index contributed by atoms with van der Waals surface area (Å²) in [6, 6.07) is 15.2. The van der Waals surface area contributed by atoms with Gasteiger partial charge in [0.05, 0.1) is 12.6 Å². The van der Waals surface area contributed by atoms with E-state index in [4.69, 9.17) is 4.74 Å². The maximum Gasteiger partial charge on any atom is 0.251 e. The molecule has 20 heavy (non-hydrogen) atoms. The lowest BCUT2D eigenvalue weighted by atomic mass is 10.00. The summed E-state index contributed by atoms with van der Waals surface area (Å²) in [7, 11) is 0. The number of halogens is 1. The number of amides is 1. The Bertz CT molecular complexity index is 642. The number of fused-ring (bicyclic) bond motifs is 1. The Balaban J connectivity index is 1.81. The van der Waals surface area contributed by atoms with Crippen LogP contribution in [0, 0.1) is 0 Å². The lowest BCUT2D eigenvalue weighted by Gasteiger charge is -2.26. The zero-order valence-corrected chi connectivity index (χ0v) is 12.4. The van der Waals surface area contributed by atoms with Gasteiger partial charge in [-0.25, -0.2) is 0 Å². The minimum atomic E-state index is -0.0620. The highest BCUT2D eigenvalue weighted by Crippen LogP contribution is 2.31. The van der Waals surface area contributed by atoms with Crippen molar-refractivity contribution in [3.8, 4) is 5.75 Å². The van der Waals surface area contributed by atoms with Crippen LogP contribution < -0.4 is 10.1 Å². The van der Waals surface area contributed by atoms with Gasteiger partial charge in [-0.05, 0) is 24.3 Å². The van der Waals surface area contributed by atoms with Crippen LogP contribution in [0.25, 0.3) is 0 Å². The first-order valence-electron chi connectivity index (χ1n) is 6.52. The van der Waals surface area contributed by atoms with E-state index in [2.05, 4.69) is 21.2 Å². The van der Waals surface area contributed by atoms with Crippen LogP contribution in [0.15, 0.2) is 53.0 Å². The van der Waals surface area contributed by atoms with Gasteiger partial charge in [0.1, 0.15) is 5.75 Å². The van der Waals surface area contributed by atoms with Crippen molar-refractivity contribution in [3.63, 3.8) is 0 Å². The second-order valence-corrected chi connectivity index (χ2v) is 5.63. The molecule has 0 saturated heterocycles. The predicted octanol–water partition coefficient (Wildman–Crippen LogP) is 3.70. The summed E-state index contributed by atoms with van der Waals surface area (Å²) in [5.74, 6) is 0.797. The molecule has 102 valence electrons. The van der Waals surface area contributed by atoms with E-state index in [9.17, 15) is 4.79 Å². The van der Waals surface area contributed by atoms with Gasteiger partial charge in [-0.1, -0.05) is 40.2 Å². The fourth-order valence-electron chi connectivity index (χ4n) is 2.36. The number of hydrogen-bond acceptors (Lipinski definition) is 2. The summed E-state index contributed by atoms with van der Waals surface area (Å²) in [5.41, 5.74) is 1.70. The maximum atomic E-state index is 12.3. The van der Waals surface area contributed by atoms with Gasteiger partial charge < -0.3 is 10.1 Å². The summed E-state index contributed by atoms with van der Waals surface area (Å²) in [6.07, 6.45) is 0.788. The number of carbonyl (C=O) groups is 1. The first kappa shape index (κ1) is 13.2. The molecule has 0 bridgehead atoms. The number of benzene rings is 2. The largest absolute Gasteiger partial charge is 0.493 e. The van der Waals surface area contributed by atoms with Gasteiger partial charge >= 0.3 is 0 Å². The van der Waals surface area contributed by atoms with Crippen LogP contribution in [0.2, 0.25) is 0 Å². The van der Waals surface area contributed by atoms with Gasteiger partial charge in [0.25, 0.3) is 5.91 Å². The number of carbonyl (C=O) groups excluding carboxylic acids is 1. The molecule has 0 spiro atoms. The van der Waals surface area contributed by atoms with Gasteiger partial charge in [0, 0.05) is 22.0 Å². The molecule has 0 fully saturated rings. The first-order valence-corrected chi connectivity index (χ1v) is 7.31. The Hall–Kier alpha value is -1.81. The smallest absolute Gasteiger partial charge is 0.251 e. The number of rotatable bonds is 2. The predicted molar refractivity (Wildman–Crippen MR) is 80.9 cm³/mol. The van der Waals surface area contributed by atoms with E-state index < -0.39 is 0 Å². The molecule has 0 aliphatic carbocycles. The highest BCUT2D eigenvalue weighted by Gasteiger charge is 2.22. The van der Waals surface area contributed by atoms with E-state index in [1.807, 2.05) is 48.5 Å². The van der Waals surface area contributed by atoms with E-state index in [0.717, 1.165) is 22.2 Å². The number of ether oxygens (including phenoxy) is 1. The molecule has 1 aliphatic rings. The molecule has 4 heteroatoms. The third-order valence-corrected chi connectivity index (χ3v) is 3.84. The fraction of sp³-hybridized carbons (Fsp3) is 0.188. The summed E-state index contributed by atoms with van der Waals surface area (Å²) >= 11 is 3.38. The molecule has 0 aromatic heterocycles. The minimum absolute atomic E-state index is 0.00596. The Morgan fingerprint density at radius 1 is 1.20 bits per heavy atom. The lowest BCUT2D eigenvalue weighted by Crippen LogP contribution is -2.32. The molecular weight excluding hydrogens is 318 g/mol. The molecule has 0 unspecified atom stereocenters. The van der Waals surface area contributed by atoms with Crippen LogP contribution in [0.4, 0.5) is 0 Å². The van der Waals surface area contributed by atoms with Crippen LogP contribution in [0.1, 0.15) is 28.4 Å². The van der Waals surface area contributed by atoms with Crippen molar-refractivity contribution in [1.29, 1.82) is 0 Å². The van der Waals surface area contributed by atoms with E-state index >= 15 is 0 Å². The summed E-state index contributed by atoms with van der Waals surface area (Å²) in [6.45, 7) is 0.625. The Morgan fingerprint density at radius 3 is 2.90 bits per heavy atom. The molecule has 2 aromatic rings. The standard InChI is InChI=1S/C16H14BrNO2/c17-12-5-3-4-11(10-12)16(19)18-14-8-9-20-15-7-2-1-6-13(14)15/h1-7,10,14H,8-9H2,(H,18,19)/t14-/m0/s1. The number of para-hydroxylation sites is 1. The quantitative estimate of drug-likeness (QED) is 0.911. The normalized spacial score (nSPS) is 16.9. The molecule has 1 atom stereocenters. The van der Waals surface area contributed by atoms with Crippen LogP contribution >= 0.6 is 15.9 Å². The molecule has 3 nitrogen and oxygen atoms in total. The second-order valence-electron chi connectivity index (χ2n) is 4.71. The molecule has 1 amide bonds. The minimum Gasteiger partial charge on any atom is -0.493 e. The van der Waals surface area contributed by atoms with E-state index in [1.165, 1.54) is 0 Å². The van der Waals surface area contributed by atoms with Crippen LogP contribution in [0.3, 0.4) is 0 Å². The Kier molecular flexibility index (Phi) is 3.74. The summed E-state index contributed by atoms with van der Waals surface area (Å²) in [5, 5.41) is 3.08. The van der Waals surface area contributed by atoms with Crippen LogP contribution in [-0.4, -0.2) is 12.5 Å². The number of hydrogen-bond donors (Lipinski definition) is 1. The monoisotopic (exact) mass is 331 g/mol. The SMILES string of the molecule is O=C(N[C@H]1CCOc2ccccc21)c1cccc(Br)c1. The summed E-state index contributed by atoms with van der Waals surface area (Å²) < 4.78 is 6.50. The second kappa shape index (κ2) is 5.67. The Morgan fingerprint density at radius 2 is 2.05 bits per heavy atom. The molecule has 3 rings (SSSR count). The zero-order valence-electron chi connectivity index (χ0n) is 10.8. The maximum absolute atomic E-state index is 12.3. The van der Waals surface area contributed by atoms with Crippen molar-refractivity contribution in [2.75, 3.05) is 6.61 Å². The first-order chi connectivity index (χ1) is 9.74. The third kappa shape index (κ3) is 2.70. The van der Waals surface area contributed by atoms with E-state index in [1.54, 1.807) is 0 Å². The third-order valence-electron chi connectivity index (χ3n) is 3.35. The van der Waals surface area contributed by atoms with Gasteiger partial charge in [-0.3, -0.25) is 4.79 Å². The van der Waals surface area contributed by atoms with Gasteiger partial charge in [0.15, 0.2) is 0 Å². The number of nitrogens with one attached hydrogen (secondary N) is 1. The van der Waals surface area contributed by atoms with Gasteiger partial charge in [-0.2, -0.15) is 0 Å². The van der Waals surface area contributed by atoms with Crippen molar-refractivity contribution < 1.29 is 9.53 Å². The molecular formula is C16H14BrNO2. The van der Waals surface area contributed by atoms with E-state index in [0.29, 0.717) is 12.2 Å². The van der Waals surface area contributed by atoms with Crippen molar-refractivity contribution in [2.24, 2.45) is 0 Å². The molecule has 0 saturated carbocycles. The fourth-order valence-corrected chi connectivity index (χ4v) is 2.76. The highest BCUT2D eigenvalue weighted by atomic mass is 79.9. The molecule has 1 aliphatic heterocycles. The van der Waals surface area contributed by atoms with Gasteiger partial charge in [0.2, 0.25) is 0 Å². The summed E-state index contributed by atoms with van der Waals surface area (Å²) in [4.78, 5) is 12.3. The lowest BCUT2D eigenvalue weighted by molar-refractivity contribution is 0.0924. The zero-order chi connectivity index (χ0) is 13.9. The van der Waals surface area contributed by atoms with Crippen LogP contribution in [0.5, 0.6) is 5.75 Å². The molecule has 1 heterocycles. The molecule has 1 N–H and O–H groups in total. The van der Waals surface area contributed by atoms with Crippen molar-refractivity contribution >= 4 is 21.8 Å². The average Bonchev–Trinajstić information content (AvgIpc) is 2.47. The highest BCUT2D eigenvalue weighted by molar-refractivity contribution is 9.10. The van der Waals surface area contributed by atoms with Gasteiger partial charge in [-0.15, -0.1) is 0 Å². The molecule has 0 radical (unpaired) electrons. The van der Waals surface area contributed by atoms with Crippen molar-refractivity contribution in [3.05, 3.63) is 64.1 Å². The topological polar surface area (TPSA) is 38.3 Å². The van der Waals surface area contributed by atoms with Crippen LogP contribution in [-0.2, 0) is 0 Å². The Labute approximate surface area is 126 Å². The average molecular weight is 332 g/mol.